The van der Waals surface area contributed by atoms with E-state index in [1.54, 1.807) is 22.8 Å². The number of nitrogens with zero attached hydrogens (tertiary/aromatic N) is 3. The molecular formula is C18H18F2N4O2. The average Bonchev–Trinajstić information content (AvgIpc) is 2.99. The lowest BCUT2D eigenvalue weighted by atomic mass is 9.93. The Labute approximate surface area is 148 Å². The van der Waals surface area contributed by atoms with Crippen molar-refractivity contribution in [2.24, 2.45) is 0 Å². The average molecular weight is 360 g/mol. The Morgan fingerprint density at radius 3 is 2.46 bits per heavy atom. The number of imidazole rings is 1. The summed E-state index contributed by atoms with van der Waals surface area (Å²) >= 11 is 0. The monoisotopic (exact) mass is 360 g/mol. The first kappa shape index (κ1) is 17.8. The molecular weight excluding hydrogens is 342 g/mol. The third kappa shape index (κ3) is 3.96. The Morgan fingerprint density at radius 2 is 1.85 bits per heavy atom. The van der Waals surface area contributed by atoms with Gasteiger partial charge >= 0.3 is 6.61 Å². The summed E-state index contributed by atoms with van der Waals surface area (Å²) in [5.74, 6) is -0.397. The van der Waals surface area contributed by atoms with Crippen molar-refractivity contribution in [2.75, 3.05) is 5.32 Å². The fourth-order valence-corrected chi connectivity index (χ4v) is 2.28. The van der Waals surface area contributed by atoms with E-state index in [1.807, 2.05) is 20.8 Å². The first-order valence-electron chi connectivity index (χ1n) is 7.95. The Hall–Kier alpha value is -3.03. The highest BCUT2D eigenvalue weighted by molar-refractivity contribution is 6.02. The third-order valence-electron chi connectivity index (χ3n) is 3.66. The van der Waals surface area contributed by atoms with Crippen molar-refractivity contribution in [1.82, 2.24) is 14.6 Å². The molecule has 0 bridgehead atoms. The molecule has 2 aromatic heterocycles. The van der Waals surface area contributed by atoms with Crippen LogP contribution in [0, 0.1) is 0 Å². The summed E-state index contributed by atoms with van der Waals surface area (Å²) in [6.07, 6.45) is 1.79. The quantitative estimate of drug-likeness (QED) is 0.767. The van der Waals surface area contributed by atoms with Crippen molar-refractivity contribution in [3.05, 3.63) is 54.0 Å². The van der Waals surface area contributed by atoms with Crippen LogP contribution in [-0.4, -0.2) is 27.1 Å². The molecule has 0 aliphatic heterocycles. The lowest BCUT2D eigenvalue weighted by Gasteiger charge is -2.13. The van der Waals surface area contributed by atoms with E-state index in [2.05, 4.69) is 20.1 Å². The van der Waals surface area contributed by atoms with Gasteiger partial charge in [0.25, 0.3) is 5.91 Å². The first-order valence-corrected chi connectivity index (χ1v) is 7.95. The number of hydrogen-bond donors (Lipinski definition) is 1. The second kappa shape index (κ2) is 6.70. The van der Waals surface area contributed by atoms with Gasteiger partial charge in [0.2, 0.25) is 0 Å². The van der Waals surface area contributed by atoms with Gasteiger partial charge in [-0.3, -0.25) is 4.79 Å². The normalized spacial score (nSPS) is 11.8. The van der Waals surface area contributed by atoms with Crippen molar-refractivity contribution in [3.8, 4) is 5.75 Å². The minimum atomic E-state index is -2.89. The molecule has 3 rings (SSSR count). The smallest absolute Gasteiger partial charge is 0.387 e. The van der Waals surface area contributed by atoms with E-state index < -0.39 is 12.5 Å². The second-order valence-corrected chi connectivity index (χ2v) is 6.75. The SMILES string of the molecule is CC(C)(C)c1cn2nc(C(=O)Nc3ccc(OC(F)F)cc3)ccc2n1. The van der Waals surface area contributed by atoms with Crippen LogP contribution in [0.1, 0.15) is 37.0 Å². The number of carbonyl (C=O) groups is 1. The Bertz CT molecular complexity index is 931. The van der Waals surface area contributed by atoms with Gasteiger partial charge in [-0.1, -0.05) is 20.8 Å². The molecule has 0 fully saturated rings. The molecule has 8 heteroatoms. The summed E-state index contributed by atoms with van der Waals surface area (Å²) in [4.78, 5) is 16.9. The molecule has 0 aliphatic carbocycles. The Kier molecular flexibility index (Phi) is 4.58. The number of ether oxygens (including phenoxy) is 1. The first-order chi connectivity index (χ1) is 12.2. The van der Waals surface area contributed by atoms with E-state index in [9.17, 15) is 13.6 Å². The van der Waals surface area contributed by atoms with Gasteiger partial charge in [-0.05, 0) is 36.4 Å². The predicted molar refractivity (Wildman–Crippen MR) is 92.7 cm³/mol. The van der Waals surface area contributed by atoms with Crippen LogP contribution < -0.4 is 10.1 Å². The molecule has 2 heterocycles. The number of fused-ring (bicyclic) bond motifs is 1. The topological polar surface area (TPSA) is 68.5 Å². The predicted octanol–water partition coefficient (Wildman–Crippen LogP) is 3.88. The zero-order valence-corrected chi connectivity index (χ0v) is 14.5. The number of benzene rings is 1. The van der Waals surface area contributed by atoms with Crippen LogP contribution in [-0.2, 0) is 5.41 Å². The van der Waals surface area contributed by atoms with E-state index in [4.69, 9.17) is 0 Å². The third-order valence-corrected chi connectivity index (χ3v) is 3.66. The van der Waals surface area contributed by atoms with Gasteiger partial charge < -0.3 is 10.1 Å². The van der Waals surface area contributed by atoms with Crippen LogP contribution in [0.15, 0.2) is 42.6 Å². The maximum atomic E-state index is 12.4. The number of amides is 1. The number of anilines is 1. The lowest BCUT2D eigenvalue weighted by Crippen LogP contribution is -2.15. The summed E-state index contributed by atoms with van der Waals surface area (Å²) in [7, 11) is 0. The number of hydrogen-bond acceptors (Lipinski definition) is 4. The number of alkyl halides is 2. The van der Waals surface area contributed by atoms with E-state index >= 15 is 0 Å². The van der Waals surface area contributed by atoms with E-state index in [0.29, 0.717) is 11.3 Å². The zero-order valence-electron chi connectivity index (χ0n) is 14.5. The van der Waals surface area contributed by atoms with Gasteiger partial charge in [0.1, 0.15) is 11.4 Å². The summed E-state index contributed by atoms with van der Waals surface area (Å²) in [6, 6.07) is 8.95. The van der Waals surface area contributed by atoms with Crippen molar-refractivity contribution >= 4 is 17.2 Å². The van der Waals surface area contributed by atoms with E-state index in [-0.39, 0.29) is 16.9 Å². The molecule has 0 atom stereocenters. The van der Waals surface area contributed by atoms with E-state index in [0.717, 1.165) is 5.69 Å². The van der Waals surface area contributed by atoms with Gasteiger partial charge in [0.05, 0.1) is 11.9 Å². The van der Waals surface area contributed by atoms with E-state index in [1.165, 1.54) is 24.3 Å². The molecule has 0 spiro atoms. The van der Waals surface area contributed by atoms with Crippen LogP contribution in [0.2, 0.25) is 0 Å². The van der Waals surface area contributed by atoms with Gasteiger partial charge in [-0.15, -0.1) is 0 Å². The van der Waals surface area contributed by atoms with Crippen molar-refractivity contribution in [2.45, 2.75) is 32.8 Å². The van der Waals surface area contributed by atoms with Crippen LogP contribution in [0.25, 0.3) is 5.65 Å². The zero-order chi connectivity index (χ0) is 18.9. The number of nitrogens with one attached hydrogen (secondary N) is 1. The number of aromatic nitrogens is 3. The highest BCUT2D eigenvalue weighted by atomic mass is 19.3. The van der Waals surface area contributed by atoms with Crippen LogP contribution >= 0.6 is 0 Å². The second-order valence-electron chi connectivity index (χ2n) is 6.75. The van der Waals surface area contributed by atoms with Gasteiger partial charge in [0.15, 0.2) is 5.65 Å². The fourth-order valence-electron chi connectivity index (χ4n) is 2.28. The van der Waals surface area contributed by atoms with Crippen molar-refractivity contribution in [1.29, 1.82) is 0 Å². The molecule has 0 saturated carbocycles. The summed E-state index contributed by atoms with van der Waals surface area (Å²) < 4.78 is 30.1. The lowest BCUT2D eigenvalue weighted by molar-refractivity contribution is -0.0498. The fraction of sp³-hybridized carbons (Fsp3) is 0.278. The van der Waals surface area contributed by atoms with Crippen LogP contribution in [0.3, 0.4) is 0 Å². The summed E-state index contributed by atoms with van der Waals surface area (Å²) in [5, 5.41) is 6.94. The molecule has 6 nitrogen and oxygen atoms in total. The molecule has 1 aromatic carbocycles. The molecule has 1 N–H and O–H groups in total. The van der Waals surface area contributed by atoms with Gasteiger partial charge in [-0.2, -0.15) is 13.9 Å². The molecule has 0 radical (unpaired) electrons. The summed E-state index contributed by atoms with van der Waals surface area (Å²) in [6.45, 7) is 3.25. The Balaban J connectivity index is 1.77. The molecule has 0 saturated heterocycles. The minimum absolute atomic E-state index is 0.0191. The maximum Gasteiger partial charge on any atom is 0.387 e. The maximum absolute atomic E-state index is 12.4. The molecule has 0 aliphatic rings. The molecule has 136 valence electrons. The minimum Gasteiger partial charge on any atom is -0.435 e. The highest BCUT2D eigenvalue weighted by Gasteiger charge is 2.18. The van der Waals surface area contributed by atoms with Crippen LogP contribution in [0.5, 0.6) is 5.75 Å². The number of halogens is 2. The van der Waals surface area contributed by atoms with Gasteiger partial charge in [-0.25, -0.2) is 9.50 Å². The molecule has 3 aromatic rings. The van der Waals surface area contributed by atoms with Crippen molar-refractivity contribution in [3.63, 3.8) is 0 Å². The van der Waals surface area contributed by atoms with Crippen LogP contribution in [0.4, 0.5) is 14.5 Å². The standard InChI is InChI=1S/C18H18F2N4O2/c1-18(2,3)14-10-24-15(22-14)9-8-13(23-24)16(25)21-11-4-6-12(7-5-11)26-17(19)20/h4-10,17H,1-3H3,(H,21,25). The highest BCUT2D eigenvalue weighted by Crippen LogP contribution is 2.21. The van der Waals surface area contributed by atoms with Crippen molar-refractivity contribution < 1.29 is 18.3 Å². The summed E-state index contributed by atoms with van der Waals surface area (Å²) in [5.41, 5.74) is 2.05. The number of carbonyl (C=O) groups excluding carboxylic acids is 1. The molecule has 26 heavy (non-hydrogen) atoms. The Morgan fingerprint density at radius 1 is 1.15 bits per heavy atom. The largest absolute Gasteiger partial charge is 0.435 e. The molecule has 0 unspecified atom stereocenters. The number of rotatable bonds is 4. The van der Waals surface area contributed by atoms with Gasteiger partial charge in [0, 0.05) is 11.1 Å². The molecule has 1 amide bonds.